The van der Waals surface area contributed by atoms with Gasteiger partial charge in [-0.25, -0.2) is 0 Å². The molecule has 0 radical (unpaired) electrons. The van der Waals surface area contributed by atoms with Gasteiger partial charge in [-0.3, -0.25) is 4.79 Å². The second-order valence-electron chi connectivity index (χ2n) is 4.65. The van der Waals surface area contributed by atoms with Crippen LogP contribution in [-0.4, -0.2) is 25.2 Å². The highest BCUT2D eigenvalue weighted by Gasteiger charge is 2.25. The molecule has 0 aromatic heterocycles. The number of hydrogen-bond donors (Lipinski definition) is 1. The molecule has 0 heterocycles. The normalized spacial score (nSPS) is 17.1. The first kappa shape index (κ1) is 13.5. The predicted octanol–water partition coefficient (Wildman–Crippen LogP) is 2.50. The van der Waals surface area contributed by atoms with Crippen molar-refractivity contribution in [2.24, 2.45) is 5.92 Å². The molecule has 3 heteroatoms. The lowest BCUT2D eigenvalue weighted by atomic mass is 10.1. The molecule has 1 saturated carbocycles. The summed E-state index contributed by atoms with van der Waals surface area (Å²) in [4.78, 5) is 11.7. The van der Waals surface area contributed by atoms with Crippen molar-refractivity contribution in [3.63, 3.8) is 0 Å². The molecule has 0 aliphatic heterocycles. The molecule has 1 unspecified atom stereocenters. The summed E-state index contributed by atoms with van der Waals surface area (Å²) in [6.07, 6.45) is 7.05. The maximum absolute atomic E-state index is 11.7. The third-order valence-corrected chi connectivity index (χ3v) is 3.02. The average Bonchev–Trinajstić information content (AvgIpc) is 3.07. The van der Waals surface area contributed by atoms with Crippen LogP contribution >= 0.6 is 0 Å². The molecule has 0 amide bonds. The molecular weight excluding hydrogens is 202 g/mol. The van der Waals surface area contributed by atoms with Gasteiger partial charge in [-0.15, -0.1) is 0 Å². The Bertz CT molecular complexity index is 202. The quantitative estimate of drug-likeness (QED) is 0.486. The molecular formula is C13H25NO2. The fraction of sp³-hybridized carbons (Fsp3) is 0.923. The van der Waals surface area contributed by atoms with Crippen LogP contribution in [0.4, 0.5) is 0 Å². The molecule has 0 aromatic rings. The van der Waals surface area contributed by atoms with Crippen molar-refractivity contribution in [1.29, 1.82) is 0 Å². The van der Waals surface area contributed by atoms with Gasteiger partial charge < -0.3 is 10.1 Å². The third-order valence-electron chi connectivity index (χ3n) is 3.02. The van der Waals surface area contributed by atoms with E-state index in [1.807, 2.05) is 6.92 Å². The molecule has 1 aliphatic carbocycles. The Kier molecular flexibility index (Phi) is 6.46. The Labute approximate surface area is 98.9 Å². The van der Waals surface area contributed by atoms with Crippen LogP contribution in [0.25, 0.3) is 0 Å². The van der Waals surface area contributed by atoms with Gasteiger partial charge in [0.25, 0.3) is 0 Å². The van der Waals surface area contributed by atoms with Crippen LogP contribution < -0.4 is 5.32 Å². The molecule has 1 atom stereocenters. The molecule has 1 fully saturated rings. The van der Waals surface area contributed by atoms with E-state index in [2.05, 4.69) is 12.2 Å². The highest BCUT2D eigenvalue weighted by atomic mass is 16.5. The first-order chi connectivity index (χ1) is 7.77. The van der Waals surface area contributed by atoms with Crippen molar-refractivity contribution >= 4 is 5.97 Å². The van der Waals surface area contributed by atoms with Crippen LogP contribution in [0, 0.1) is 5.92 Å². The van der Waals surface area contributed by atoms with Crippen LogP contribution in [0.3, 0.4) is 0 Å². The molecule has 1 aliphatic rings. The zero-order valence-corrected chi connectivity index (χ0v) is 10.6. The Morgan fingerprint density at radius 3 is 2.69 bits per heavy atom. The summed E-state index contributed by atoms with van der Waals surface area (Å²) < 4.78 is 5.09. The highest BCUT2D eigenvalue weighted by Crippen LogP contribution is 2.27. The molecule has 0 bridgehead atoms. The van der Waals surface area contributed by atoms with Crippen LogP contribution in [0.2, 0.25) is 0 Å². The van der Waals surface area contributed by atoms with Gasteiger partial charge in [-0.05, 0) is 38.6 Å². The van der Waals surface area contributed by atoms with E-state index in [0.29, 0.717) is 6.61 Å². The Morgan fingerprint density at radius 1 is 1.38 bits per heavy atom. The van der Waals surface area contributed by atoms with Gasteiger partial charge in [0.2, 0.25) is 0 Å². The lowest BCUT2D eigenvalue weighted by Crippen LogP contribution is -2.39. The van der Waals surface area contributed by atoms with Gasteiger partial charge >= 0.3 is 5.97 Å². The molecule has 1 rings (SSSR count). The van der Waals surface area contributed by atoms with Gasteiger partial charge in [0.05, 0.1) is 6.61 Å². The molecule has 1 N–H and O–H groups in total. The number of unbranched alkanes of at least 4 members (excludes halogenated alkanes) is 2. The number of hydrogen-bond acceptors (Lipinski definition) is 3. The molecule has 0 spiro atoms. The van der Waals surface area contributed by atoms with Gasteiger partial charge in [-0.1, -0.05) is 26.2 Å². The predicted molar refractivity (Wildman–Crippen MR) is 65.3 cm³/mol. The van der Waals surface area contributed by atoms with E-state index in [0.717, 1.165) is 25.3 Å². The fourth-order valence-corrected chi connectivity index (χ4v) is 1.78. The monoisotopic (exact) mass is 227 g/mol. The lowest BCUT2D eigenvalue weighted by Gasteiger charge is -2.16. The summed E-state index contributed by atoms with van der Waals surface area (Å²) >= 11 is 0. The number of nitrogens with one attached hydrogen (secondary N) is 1. The Morgan fingerprint density at radius 2 is 2.12 bits per heavy atom. The zero-order valence-electron chi connectivity index (χ0n) is 10.6. The number of ether oxygens (including phenoxy) is 1. The zero-order chi connectivity index (χ0) is 11.8. The van der Waals surface area contributed by atoms with Crippen molar-refractivity contribution in [3.8, 4) is 0 Å². The fourth-order valence-electron chi connectivity index (χ4n) is 1.78. The summed E-state index contributed by atoms with van der Waals surface area (Å²) in [6.45, 7) is 5.50. The molecule has 0 saturated heterocycles. The van der Waals surface area contributed by atoms with Crippen molar-refractivity contribution in [2.75, 3.05) is 13.2 Å². The van der Waals surface area contributed by atoms with Crippen LogP contribution in [0.5, 0.6) is 0 Å². The first-order valence-corrected chi connectivity index (χ1v) is 6.68. The highest BCUT2D eigenvalue weighted by molar-refractivity contribution is 5.75. The van der Waals surface area contributed by atoms with Gasteiger partial charge in [0, 0.05) is 0 Å². The summed E-state index contributed by atoms with van der Waals surface area (Å²) in [7, 11) is 0. The Hall–Kier alpha value is -0.570. The lowest BCUT2D eigenvalue weighted by molar-refractivity contribution is -0.145. The second-order valence-corrected chi connectivity index (χ2v) is 4.65. The summed E-state index contributed by atoms with van der Waals surface area (Å²) in [5.41, 5.74) is 0. The van der Waals surface area contributed by atoms with Crippen molar-refractivity contribution < 1.29 is 9.53 Å². The third kappa shape index (κ3) is 5.50. The standard InChI is InChI=1S/C13H25NO2/c1-3-5-6-7-12(13(15)16-4-2)14-10-11-8-9-11/h11-12,14H,3-10H2,1-2H3. The second kappa shape index (κ2) is 7.66. The van der Waals surface area contributed by atoms with E-state index in [-0.39, 0.29) is 12.0 Å². The summed E-state index contributed by atoms with van der Waals surface area (Å²) in [5.74, 6) is 0.738. The maximum Gasteiger partial charge on any atom is 0.323 e. The minimum Gasteiger partial charge on any atom is -0.465 e. The van der Waals surface area contributed by atoms with E-state index in [4.69, 9.17) is 4.74 Å². The van der Waals surface area contributed by atoms with E-state index in [1.54, 1.807) is 0 Å². The minimum absolute atomic E-state index is 0.0701. The SMILES string of the molecule is CCCCCC(NCC1CC1)C(=O)OCC. The molecule has 3 nitrogen and oxygen atoms in total. The van der Waals surface area contributed by atoms with Crippen molar-refractivity contribution in [2.45, 2.75) is 58.4 Å². The smallest absolute Gasteiger partial charge is 0.323 e. The molecule has 94 valence electrons. The van der Waals surface area contributed by atoms with E-state index >= 15 is 0 Å². The number of carbonyl (C=O) groups excluding carboxylic acids is 1. The number of esters is 1. The van der Waals surface area contributed by atoms with E-state index in [1.165, 1.54) is 25.7 Å². The number of rotatable bonds is 9. The van der Waals surface area contributed by atoms with E-state index < -0.39 is 0 Å². The van der Waals surface area contributed by atoms with Crippen molar-refractivity contribution in [1.82, 2.24) is 5.32 Å². The molecule has 0 aromatic carbocycles. The average molecular weight is 227 g/mol. The van der Waals surface area contributed by atoms with Gasteiger partial charge in [0.15, 0.2) is 0 Å². The van der Waals surface area contributed by atoms with Crippen LogP contribution in [-0.2, 0) is 9.53 Å². The largest absolute Gasteiger partial charge is 0.465 e. The molecule has 16 heavy (non-hydrogen) atoms. The van der Waals surface area contributed by atoms with Crippen LogP contribution in [0.15, 0.2) is 0 Å². The van der Waals surface area contributed by atoms with Crippen LogP contribution in [0.1, 0.15) is 52.4 Å². The topological polar surface area (TPSA) is 38.3 Å². The van der Waals surface area contributed by atoms with E-state index in [9.17, 15) is 4.79 Å². The number of carbonyl (C=O) groups is 1. The first-order valence-electron chi connectivity index (χ1n) is 6.68. The van der Waals surface area contributed by atoms with Gasteiger partial charge in [0.1, 0.15) is 6.04 Å². The summed E-state index contributed by atoms with van der Waals surface area (Å²) in [6, 6.07) is -0.0768. The van der Waals surface area contributed by atoms with Crippen molar-refractivity contribution in [3.05, 3.63) is 0 Å². The summed E-state index contributed by atoms with van der Waals surface area (Å²) in [5, 5.41) is 3.35. The maximum atomic E-state index is 11.7. The van der Waals surface area contributed by atoms with Gasteiger partial charge in [-0.2, -0.15) is 0 Å². The Balaban J connectivity index is 2.23. The minimum atomic E-state index is -0.0768.